The first-order chi connectivity index (χ1) is 10.1. The molecule has 108 valence electrons. The lowest BCUT2D eigenvalue weighted by atomic mass is 10.2. The molecule has 0 aliphatic rings. The van der Waals surface area contributed by atoms with Crippen LogP contribution in [0, 0.1) is 12.7 Å². The van der Waals surface area contributed by atoms with Gasteiger partial charge in [0.25, 0.3) is 0 Å². The third-order valence-electron chi connectivity index (χ3n) is 3.37. The van der Waals surface area contributed by atoms with Crippen molar-refractivity contribution in [3.8, 4) is 0 Å². The van der Waals surface area contributed by atoms with Gasteiger partial charge in [-0.2, -0.15) is 0 Å². The zero-order valence-corrected chi connectivity index (χ0v) is 11.4. The number of aromatic nitrogens is 1. The number of halogens is 1. The number of fused-ring (bicyclic) bond motifs is 1. The van der Waals surface area contributed by atoms with E-state index in [9.17, 15) is 9.18 Å². The van der Waals surface area contributed by atoms with Gasteiger partial charge in [0.15, 0.2) is 5.76 Å². The van der Waals surface area contributed by atoms with Crippen LogP contribution >= 0.6 is 0 Å². The number of hydrazine groups is 1. The Labute approximate surface area is 120 Å². The fourth-order valence-corrected chi connectivity index (χ4v) is 2.38. The van der Waals surface area contributed by atoms with Gasteiger partial charge >= 0.3 is 5.91 Å². The van der Waals surface area contributed by atoms with Gasteiger partial charge < -0.3 is 8.98 Å². The van der Waals surface area contributed by atoms with Crippen molar-refractivity contribution in [1.29, 1.82) is 0 Å². The molecule has 5 nitrogen and oxygen atoms in total. The van der Waals surface area contributed by atoms with Gasteiger partial charge in [-0.15, -0.1) is 0 Å². The van der Waals surface area contributed by atoms with Crippen molar-refractivity contribution < 1.29 is 13.6 Å². The highest BCUT2D eigenvalue weighted by Gasteiger charge is 2.15. The Hall–Kier alpha value is -2.60. The Balaban J connectivity index is 1.95. The van der Waals surface area contributed by atoms with E-state index in [0.29, 0.717) is 17.9 Å². The van der Waals surface area contributed by atoms with Crippen LogP contribution in [-0.4, -0.2) is 10.5 Å². The molecule has 0 atom stereocenters. The minimum atomic E-state index is -0.470. The largest absolute Gasteiger partial charge is 0.454 e. The van der Waals surface area contributed by atoms with Crippen LogP contribution in [0.15, 0.2) is 40.9 Å². The molecule has 0 aliphatic heterocycles. The summed E-state index contributed by atoms with van der Waals surface area (Å²) >= 11 is 0. The number of nitrogens with zero attached hydrogens (tertiary/aromatic N) is 1. The summed E-state index contributed by atoms with van der Waals surface area (Å²) in [6.45, 7) is 2.18. The summed E-state index contributed by atoms with van der Waals surface area (Å²) in [5.74, 6) is 5.14. The number of carbonyl (C=O) groups is 1. The normalized spacial score (nSPS) is 11.0. The van der Waals surface area contributed by atoms with Crippen LogP contribution < -0.4 is 11.3 Å². The van der Waals surface area contributed by atoms with Gasteiger partial charge in [0, 0.05) is 11.8 Å². The van der Waals surface area contributed by atoms with Crippen molar-refractivity contribution in [2.75, 3.05) is 0 Å². The Morgan fingerprint density at radius 2 is 2.19 bits per heavy atom. The number of aryl methyl sites for hydroxylation is 1. The summed E-state index contributed by atoms with van der Waals surface area (Å²) in [6.07, 6.45) is 1.85. The van der Waals surface area contributed by atoms with Crippen molar-refractivity contribution in [2.24, 2.45) is 5.84 Å². The van der Waals surface area contributed by atoms with Crippen molar-refractivity contribution in [3.05, 3.63) is 59.4 Å². The van der Waals surface area contributed by atoms with Gasteiger partial charge in [-0.05, 0) is 42.6 Å². The van der Waals surface area contributed by atoms with Gasteiger partial charge in [0.1, 0.15) is 11.6 Å². The van der Waals surface area contributed by atoms with Gasteiger partial charge in [0.2, 0.25) is 0 Å². The molecule has 0 aliphatic carbocycles. The second-order valence-electron chi connectivity index (χ2n) is 4.85. The number of amides is 1. The van der Waals surface area contributed by atoms with E-state index in [1.165, 1.54) is 12.1 Å². The van der Waals surface area contributed by atoms with Crippen LogP contribution in [0.1, 0.15) is 21.9 Å². The molecule has 0 saturated carbocycles. The SMILES string of the molecule is Cc1cc(Cn2ccc3ccc(F)cc32)oc1C(=O)NN. The predicted octanol–water partition coefficient (Wildman–Crippen LogP) is 2.33. The molecular formula is C15H14FN3O2. The molecular weight excluding hydrogens is 273 g/mol. The predicted molar refractivity (Wildman–Crippen MR) is 76.1 cm³/mol. The number of hydrogen-bond acceptors (Lipinski definition) is 3. The molecule has 1 amide bonds. The molecule has 0 bridgehead atoms. The molecule has 3 aromatic rings. The number of hydrogen-bond donors (Lipinski definition) is 2. The summed E-state index contributed by atoms with van der Waals surface area (Å²) in [5.41, 5.74) is 3.52. The fraction of sp³-hybridized carbons (Fsp3) is 0.133. The van der Waals surface area contributed by atoms with E-state index >= 15 is 0 Å². The third-order valence-corrected chi connectivity index (χ3v) is 3.37. The van der Waals surface area contributed by atoms with Crippen LogP contribution in [-0.2, 0) is 6.54 Å². The minimum Gasteiger partial charge on any atom is -0.454 e. The second kappa shape index (κ2) is 5.06. The first-order valence-corrected chi connectivity index (χ1v) is 6.43. The lowest BCUT2D eigenvalue weighted by molar-refractivity contribution is 0.0923. The van der Waals surface area contributed by atoms with Gasteiger partial charge in [-0.25, -0.2) is 10.2 Å². The Morgan fingerprint density at radius 1 is 1.38 bits per heavy atom. The maximum Gasteiger partial charge on any atom is 0.301 e. The topological polar surface area (TPSA) is 73.2 Å². The number of rotatable bonds is 3. The average Bonchev–Trinajstić information content (AvgIpc) is 3.02. The lowest BCUT2D eigenvalue weighted by Crippen LogP contribution is -2.30. The molecule has 6 heteroatoms. The molecule has 2 heterocycles. The fourth-order valence-electron chi connectivity index (χ4n) is 2.38. The van der Waals surface area contributed by atoms with Crippen molar-refractivity contribution in [1.82, 2.24) is 9.99 Å². The van der Waals surface area contributed by atoms with E-state index in [4.69, 9.17) is 10.3 Å². The summed E-state index contributed by atoms with van der Waals surface area (Å²) in [6, 6.07) is 8.29. The zero-order chi connectivity index (χ0) is 15.0. The van der Waals surface area contributed by atoms with E-state index in [2.05, 4.69) is 0 Å². The summed E-state index contributed by atoms with van der Waals surface area (Å²) in [5, 5.41) is 0.944. The monoisotopic (exact) mass is 287 g/mol. The molecule has 21 heavy (non-hydrogen) atoms. The van der Waals surface area contributed by atoms with E-state index in [1.807, 2.05) is 22.3 Å². The average molecular weight is 287 g/mol. The second-order valence-corrected chi connectivity index (χ2v) is 4.85. The number of furan rings is 1. The maximum absolute atomic E-state index is 13.3. The van der Waals surface area contributed by atoms with E-state index in [-0.39, 0.29) is 11.6 Å². The van der Waals surface area contributed by atoms with E-state index in [0.717, 1.165) is 10.9 Å². The number of nitrogen functional groups attached to an aromatic ring is 1. The highest BCUT2D eigenvalue weighted by molar-refractivity contribution is 5.92. The minimum absolute atomic E-state index is 0.190. The lowest BCUT2D eigenvalue weighted by Gasteiger charge is -2.03. The number of carbonyl (C=O) groups excluding carboxylic acids is 1. The molecule has 0 fully saturated rings. The van der Waals surface area contributed by atoms with Gasteiger partial charge in [0.05, 0.1) is 12.1 Å². The first kappa shape index (κ1) is 13.4. The van der Waals surface area contributed by atoms with Gasteiger partial charge in [-0.3, -0.25) is 10.2 Å². The molecule has 0 radical (unpaired) electrons. The third kappa shape index (κ3) is 2.41. The molecule has 2 aromatic heterocycles. The van der Waals surface area contributed by atoms with Crippen LogP contribution in [0.5, 0.6) is 0 Å². The van der Waals surface area contributed by atoms with Crippen molar-refractivity contribution in [3.63, 3.8) is 0 Å². The molecule has 3 N–H and O–H groups in total. The van der Waals surface area contributed by atoms with Crippen molar-refractivity contribution >= 4 is 16.8 Å². The van der Waals surface area contributed by atoms with E-state index < -0.39 is 5.91 Å². The number of benzene rings is 1. The Kier molecular flexibility index (Phi) is 3.23. The zero-order valence-electron chi connectivity index (χ0n) is 11.4. The molecule has 3 rings (SSSR count). The smallest absolute Gasteiger partial charge is 0.301 e. The summed E-state index contributed by atoms with van der Waals surface area (Å²) < 4.78 is 20.7. The number of nitrogens with one attached hydrogen (secondary N) is 1. The molecule has 0 spiro atoms. The van der Waals surface area contributed by atoms with Crippen LogP contribution in [0.25, 0.3) is 10.9 Å². The van der Waals surface area contributed by atoms with Gasteiger partial charge in [-0.1, -0.05) is 0 Å². The highest BCUT2D eigenvalue weighted by Crippen LogP contribution is 2.21. The summed E-state index contributed by atoms with van der Waals surface area (Å²) in [7, 11) is 0. The van der Waals surface area contributed by atoms with E-state index in [1.54, 1.807) is 19.1 Å². The van der Waals surface area contributed by atoms with Crippen LogP contribution in [0.3, 0.4) is 0 Å². The van der Waals surface area contributed by atoms with Crippen molar-refractivity contribution in [2.45, 2.75) is 13.5 Å². The molecule has 0 unspecified atom stereocenters. The number of nitrogens with two attached hydrogens (primary N) is 1. The Morgan fingerprint density at radius 3 is 2.95 bits per heavy atom. The molecule has 1 aromatic carbocycles. The summed E-state index contributed by atoms with van der Waals surface area (Å²) in [4.78, 5) is 11.5. The quantitative estimate of drug-likeness (QED) is 0.441. The van der Waals surface area contributed by atoms with Crippen LogP contribution in [0.4, 0.5) is 4.39 Å². The Bertz CT molecular complexity index is 820. The van der Waals surface area contributed by atoms with Crippen LogP contribution in [0.2, 0.25) is 0 Å². The highest BCUT2D eigenvalue weighted by atomic mass is 19.1. The standard InChI is InChI=1S/C15H14FN3O2/c1-9-6-12(21-14(9)15(20)18-17)8-19-5-4-10-2-3-11(16)7-13(10)19/h2-7H,8,17H2,1H3,(H,18,20). The maximum atomic E-state index is 13.3. The first-order valence-electron chi connectivity index (χ1n) is 6.43. The molecule has 0 saturated heterocycles.